The van der Waals surface area contributed by atoms with E-state index in [2.05, 4.69) is 6.92 Å². The molecule has 10 nitrogen and oxygen atoms in total. The van der Waals surface area contributed by atoms with Gasteiger partial charge in [-0.25, -0.2) is 0 Å². The van der Waals surface area contributed by atoms with Crippen molar-refractivity contribution >= 4 is 23.8 Å². The quantitative estimate of drug-likeness (QED) is 0.217. The normalized spacial score (nSPS) is 12.1. The van der Waals surface area contributed by atoms with Crippen molar-refractivity contribution in [1.82, 2.24) is 9.80 Å². The van der Waals surface area contributed by atoms with Crippen LogP contribution in [0.1, 0.15) is 62.6 Å². The van der Waals surface area contributed by atoms with Gasteiger partial charge in [0.25, 0.3) is 0 Å². The predicted octanol–water partition coefficient (Wildman–Crippen LogP) is 1.97. The van der Waals surface area contributed by atoms with Crippen LogP contribution < -0.4 is 5.73 Å². The van der Waals surface area contributed by atoms with Gasteiger partial charge in [-0.05, 0) is 24.0 Å². The van der Waals surface area contributed by atoms with Gasteiger partial charge >= 0.3 is 17.9 Å². The minimum absolute atomic E-state index is 0.0556. The first kappa shape index (κ1) is 29.1. The first-order valence-electron chi connectivity index (χ1n) is 11.6. The van der Waals surface area contributed by atoms with Crippen LogP contribution in [0.15, 0.2) is 24.3 Å². The summed E-state index contributed by atoms with van der Waals surface area (Å²) in [6, 6.07) is 6.26. The molecule has 1 atom stereocenters. The van der Waals surface area contributed by atoms with Gasteiger partial charge < -0.3 is 21.1 Å². The molecule has 1 aromatic carbocycles. The highest BCUT2D eigenvalue weighted by molar-refractivity contribution is 5.82. The number of hydrogen-bond acceptors (Lipinski definition) is 6. The zero-order chi connectivity index (χ0) is 25.5. The van der Waals surface area contributed by atoms with Gasteiger partial charge in [0, 0.05) is 13.1 Å². The van der Waals surface area contributed by atoms with Crippen LogP contribution >= 0.6 is 0 Å². The van der Waals surface area contributed by atoms with Crippen molar-refractivity contribution < 1.29 is 34.5 Å². The monoisotopic (exact) mass is 479 g/mol. The highest BCUT2D eigenvalue weighted by Gasteiger charge is 2.28. The molecule has 1 amide bonds. The molecular formula is C24H37N3O7. The molecule has 1 aromatic rings. The van der Waals surface area contributed by atoms with Gasteiger partial charge in [-0.15, -0.1) is 0 Å². The van der Waals surface area contributed by atoms with Crippen LogP contribution in [0.5, 0.6) is 0 Å². The lowest BCUT2D eigenvalue weighted by molar-refractivity contribution is -0.144. The fourth-order valence-electron chi connectivity index (χ4n) is 3.87. The highest BCUT2D eigenvalue weighted by Crippen LogP contribution is 2.22. The molecule has 34 heavy (non-hydrogen) atoms. The highest BCUT2D eigenvalue weighted by atomic mass is 16.4. The molecule has 1 unspecified atom stereocenters. The molecule has 0 aromatic heterocycles. The lowest BCUT2D eigenvalue weighted by atomic mass is 9.99. The topological polar surface area (TPSA) is 161 Å². The fourth-order valence-corrected chi connectivity index (χ4v) is 3.87. The van der Waals surface area contributed by atoms with Crippen LogP contribution in [0.4, 0.5) is 0 Å². The van der Waals surface area contributed by atoms with Crippen LogP contribution in [0.2, 0.25) is 0 Å². The van der Waals surface area contributed by atoms with Gasteiger partial charge in [0.15, 0.2) is 0 Å². The minimum atomic E-state index is -1.21. The third-order valence-corrected chi connectivity index (χ3v) is 5.51. The van der Waals surface area contributed by atoms with Crippen LogP contribution in [0.3, 0.4) is 0 Å². The summed E-state index contributed by atoms with van der Waals surface area (Å²) in [6.45, 7) is 0.497. The third-order valence-electron chi connectivity index (χ3n) is 5.51. The summed E-state index contributed by atoms with van der Waals surface area (Å²) in [5.41, 5.74) is 7.26. The lowest BCUT2D eigenvalue weighted by Crippen LogP contribution is -2.46. The number of nitrogens with zero attached hydrogens (tertiary/aromatic N) is 2. The van der Waals surface area contributed by atoms with Crippen molar-refractivity contribution in [2.75, 3.05) is 32.7 Å². The van der Waals surface area contributed by atoms with E-state index in [1.165, 1.54) is 30.6 Å². The summed E-state index contributed by atoms with van der Waals surface area (Å²) >= 11 is 0. The van der Waals surface area contributed by atoms with E-state index in [0.29, 0.717) is 5.56 Å². The molecule has 0 aliphatic carbocycles. The predicted molar refractivity (Wildman–Crippen MR) is 126 cm³/mol. The number of benzene rings is 1. The standard InChI is InChI=1S/C24H37N3O7/c1-2-3-4-5-6-7-8-18-9-11-19(12-10-18)23(24(25)34)27(17-22(32)33)14-13-26(15-20(28)29)16-21(30)31/h9-12,23H,2-8,13-17H2,1H3,(H2,25,34)(H,28,29)(H,30,31)(H,32,33). The van der Waals surface area contributed by atoms with Crippen molar-refractivity contribution in [2.24, 2.45) is 5.73 Å². The molecule has 10 heteroatoms. The first-order valence-corrected chi connectivity index (χ1v) is 11.6. The molecule has 0 radical (unpaired) electrons. The Balaban J connectivity index is 2.89. The summed E-state index contributed by atoms with van der Waals surface area (Å²) in [6.07, 6.45) is 8.04. The molecule has 1 rings (SSSR count). The van der Waals surface area contributed by atoms with E-state index in [9.17, 15) is 24.3 Å². The maximum atomic E-state index is 12.3. The second-order valence-corrected chi connectivity index (χ2v) is 8.43. The molecule has 0 heterocycles. The van der Waals surface area contributed by atoms with Crippen molar-refractivity contribution in [2.45, 2.75) is 57.9 Å². The zero-order valence-corrected chi connectivity index (χ0v) is 19.8. The van der Waals surface area contributed by atoms with Gasteiger partial charge in [0.2, 0.25) is 5.91 Å². The Bertz CT molecular complexity index is 782. The van der Waals surface area contributed by atoms with Crippen LogP contribution in [-0.4, -0.2) is 81.7 Å². The van der Waals surface area contributed by atoms with Gasteiger partial charge in [-0.3, -0.25) is 29.0 Å². The van der Waals surface area contributed by atoms with E-state index in [4.69, 9.17) is 15.9 Å². The lowest BCUT2D eigenvalue weighted by Gasteiger charge is -2.30. The summed E-state index contributed by atoms with van der Waals surface area (Å²) in [4.78, 5) is 48.3. The number of carbonyl (C=O) groups excluding carboxylic acids is 1. The number of aryl methyl sites for hydroxylation is 1. The Hall–Kier alpha value is -2.98. The largest absolute Gasteiger partial charge is 0.480 e. The van der Waals surface area contributed by atoms with Crippen LogP contribution in [0.25, 0.3) is 0 Å². The van der Waals surface area contributed by atoms with Gasteiger partial charge in [-0.2, -0.15) is 0 Å². The summed E-state index contributed by atoms with van der Waals surface area (Å²) in [5, 5.41) is 27.4. The van der Waals surface area contributed by atoms with E-state index in [1.807, 2.05) is 12.1 Å². The molecule has 0 saturated heterocycles. The smallest absolute Gasteiger partial charge is 0.317 e. The molecule has 0 spiro atoms. The number of unbranched alkanes of at least 4 members (excludes halogenated alkanes) is 5. The number of hydrogen-bond donors (Lipinski definition) is 4. The SMILES string of the molecule is CCCCCCCCc1ccc(C(C(N)=O)N(CCN(CC(=O)O)CC(=O)O)CC(=O)O)cc1. The second kappa shape index (κ2) is 15.8. The van der Waals surface area contributed by atoms with Crippen molar-refractivity contribution in [3.05, 3.63) is 35.4 Å². The van der Waals surface area contributed by atoms with Crippen molar-refractivity contribution in [3.8, 4) is 0 Å². The fraction of sp³-hybridized carbons (Fsp3) is 0.583. The Morgan fingerprint density at radius 2 is 1.32 bits per heavy atom. The Labute approximate surface area is 200 Å². The first-order chi connectivity index (χ1) is 16.1. The summed E-state index contributed by atoms with van der Waals surface area (Å²) in [5.74, 6) is -4.35. The van der Waals surface area contributed by atoms with E-state index >= 15 is 0 Å². The molecular weight excluding hydrogens is 442 g/mol. The van der Waals surface area contributed by atoms with E-state index in [-0.39, 0.29) is 13.1 Å². The molecule has 0 bridgehead atoms. The average molecular weight is 480 g/mol. The number of nitrogens with two attached hydrogens (primary N) is 1. The molecule has 0 aliphatic rings. The van der Waals surface area contributed by atoms with E-state index in [0.717, 1.165) is 29.7 Å². The number of carboxylic acids is 3. The molecule has 0 saturated carbocycles. The van der Waals surface area contributed by atoms with Crippen molar-refractivity contribution in [3.63, 3.8) is 0 Å². The van der Waals surface area contributed by atoms with Gasteiger partial charge in [-0.1, -0.05) is 63.3 Å². The maximum Gasteiger partial charge on any atom is 0.317 e. The van der Waals surface area contributed by atoms with Crippen LogP contribution in [-0.2, 0) is 25.6 Å². The second-order valence-electron chi connectivity index (χ2n) is 8.43. The molecule has 0 aliphatic heterocycles. The Kier molecular flexibility index (Phi) is 13.5. The number of carboxylic acid groups (broad SMARTS) is 3. The Morgan fingerprint density at radius 3 is 1.82 bits per heavy atom. The van der Waals surface area contributed by atoms with Crippen LogP contribution in [0, 0.1) is 0 Å². The number of carbonyl (C=O) groups is 4. The average Bonchev–Trinajstić information content (AvgIpc) is 2.74. The maximum absolute atomic E-state index is 12.3. The number of aliphatic carboxylic acids is 3. The zero-order valence-electron chi connectivity index (χ0n) is 19.8. The van der Waals surface area contributed by atoms with E-state index < -0.39 is 49.5 Å². The number of amides is 1. The Morgan fingerprint density at radius 1 is 0.794 bits per heavy atom. The van der Waals surface area contributed by atoms with Gasteiger partial charge in [0.05, 0.1) is 19.6 Å². The number of rotatable bonds is 19. The molecule has 5 N–H and O–H groups in total. The third kappa shape index (κ3) is 11.8. The molecule has 0 fully saturated rings. The van der Waals surface area contributed by atoms with Crippen molar-refractivity contribution in [1.29, 1.82) is 0 Å². The summed E-state index contributed by atoms with van der Waals surface area (Å²) < 4.78 is 0. The van der Waals surface area contributed by atoms with Gasteiger partial charge in [0.1, 0.15) is 6.04 Å². The van der Waals surface area contributed by atoms with E-state index in [1.54, 1.807) is 12.1 Å². The summed E-state index contributed by atoms with van der Waals surface area (Å²) in [7, 11) is 0. The number of primary amides is 1. The molecule has 190 valence electrons. The minimum Gasteiger partial charge on any atom is -0.480 e.